The zero-order valence-electron chi connectivity index (χ0n) is 11.0. The molecule has 0 aliphatic heterocycles. The summed E-state index contributed by atoms with van der Waals surface area (Å²) in [6.07, 6.45) is 5.78. The first-order valence-corrected chi connectivity index (χ1v) is 6.94. The number of rotatable bonds is 4. The Kier molecular flexibility index (Phi) is 4.22. The van der Waals surface area contributed by atoms with Crippen molar-refractivity contribution in [2.75, 3.05) is 0 Å². The minimum atomic E-state index is -0.135. The normalized spacial score (nSPS) is 21.3. The Morgan fingerprint density at radius 1 is 1.29 bits per heavy atom. The van der Waals surface area contributed by atoms with Crippen LogP contribution in [0.1, 0.15) is 56.6 Å². The Morgan fingerprint density at radius 2 is 2.06 bits per heavy atom. The van der Waals surface area contributed by atoms with Gasteiger partial charge in [0.15, 0.2) is 0 Å². The van der Waals surface area contributed by atoms with Crippen LogP contribution in [0, 0.1) is 5.92 Å². The molecule has 0 bridgehead atoms. The minimum Gasteiger partial charge on any atom is -0.393 e. The van der Waals surface area contributed by atoms with Crippen molar-refractivity contribution in [3.63, 3.8) is 0 Å². The molecule has 1 nitrogen and oxygen atoms in total. The molecule has 1 heteroatoms. The van der Waals surface area contributed by atoms with Gasteiger partial charge in [0, 0.05) is 0 Å². The lowest BCUT2D eigenvalue weighted by Gasteiger charge is -2.26. The first kappa shape index (κ1) is 12.6. The minimum absolute atomic E-state index is 0.135. The third kappa shape index (κ3) is 3.10. The second-order valence-corrected chi connectivity index (χ2v) is 5.68. The van der Waals surface area contributed by atoms with Gasteiger partial charge in [0.25, 0.3) is 0 Å². The van der Waals surface area contributed by atoms with Crippen molar-refractivity contribution >= 4 is 0 Å². The van der Waals surface area contributed by atoms with E-state index in [-0.39, 0.29) is 6.10 Å². The molecule has 2 atom stereocenters. The molecule has 17 heavy (non-hydrogen) atoms. The molecule has 1 aromatic rings. The van der Waals surface area contributed by atoms with Gasteiger partial charge in [-0.1, -0.05) is 38.1 Å². The van der Waals surface area contributed by atoms with Crippen LogP contribution in [-0.2, 0) is 6.42 Å². The number of aliphatic hydroxyl groups is 1. The molecule has 1 aromatic carbocycles. The fraction of sp³-hybridized carbons (Fsp3) is 0.625. The van der Waals surface area contributed by atoms with Crippen LogP contribution in [-0.4, -0.2) is 11.2 Å². The van der Waals surface area contributed by atoms with Crippen molar-refractivity contribution in [3.05, 3.63) is 35.4 Å². The molecule has 1 N–H and O–H groups in total. The molecule has 2 rings (SSSR count). The maximum absolute atomic E-state index is 9.91. The van der Waals surface area contributed by atoms with E-state index >= 15 is 0 Å². The Labute approximate surface area is 105 Å². The van der Waals surface area contributed by atoms with Crippen molar-refractivity contribution in [2.45, 2.75) is 58.0 Å². The molecule has 0 saturated carbocycles. The molecule has 2 unspecified atom stereocenters. The van der Waals surface area contributed by atoms with E-state index in [9.17, 15) is 5.11 Å². The van der Waals surface area contributed by atoms with E-state index in [2.05, 4.69) is 38.1 Å². The van der Waals surface area contributed by atoms with E-state index in [1.807, 2.05) is 0 Å². The van der Waals surface area contributed by atoms with Gasteiger partial charge in [0.2, 0.25) is 0 Å². The lowest BCUT2D eigenvalue weighted by molar-refractivity contribution is 0.111. The maximum Gasteiger partial charge on any atom is 0.0563 e. The zero-order valence-corrected chi connectivity index (χ0v) is 11.0. The molecule has 1 aliphatic rings. The summed E-state index contributed by atoms with van der Waals surface area (Å²) < 4.78 is 0. The van der Waals surface area contributed by atoms with Crippen LogP contribution in [0.2, 0.25) is 0 Å². The molecule has 94 valence electrons. The Morgan fingerprint density at radius 3 is 2.82 bits per heavy atom. The van der Waals surface area contributed by atoms with Crippen molar-refractivity contribution in [1.29, 1.82) is 0 Å². The summed E-state index contributed by atoms with van der Waals surface area (Å²) in [6.45, 7) is 4.19. The van der Waals surface area contributed by atoms with Crippen LogP contribution in [0.25, 0.3) is 0 Å². The van der Waals surface area contributed by atoms with E-state index in [0.29, 0.717) is 11.8 Å². The van der Waals surface area contributed by atoms with Gasteiger partial charge in [0.1, 0.15) is 0 Å². The highest BCUT2D eigenvalue weighted by Crippen LogP contribution is 2.35. The molecule has 1 aliphatic carbocycles. The fourth-order valence-electron chi connectivity index (χ4n) is 2.86. The number of hydrogen-bond acceptors (Lipinski definition) is 1. The van der Waals surface area contributed by atoms with Crippen molar-refractivity contribution in [2.24, 2.45) is 5.92 Å². The highest BCUT2D eigenvalue weighted by molar-refractivity contribution is 5.32. The Hall–Kier alpha value is -0.820. The summed E-state index contributed by atoms with van der Waals surface area (Å²) in [6, 6.07) is 8.83. The quantitative estimate of drug-likeness (QED) is 0.834. The number of aryl methyl sites for hydroxylation is 1. The highest BCUT2D eigenvalue weighted by atomic mass is 16.3. The predicted molar refractivity (Wildman–Crippen MR) is 72.2 cm³/mol. The molecule has 0 amide bonds. The SMILES string of the molecule is CC(C)C(O)CCC1CCCc2ccccc21. The first-order valence-electron chi connectivity index (χ1n) is 6.94. The molecular weight excluding hydrogens is 208 g/mol. The molecule has 0 saturated heterocycles. The average Bonchev–Trinajstić information content (AvgIpc) is 2.35. The average molecular weight is 232 g/mol. The van der Waals surface area contributed by atoms with Gasteiger partial charge < -0.3 is 5.11 Å². The highest BCUT2D eigenvalue weighted by Gasteiger charge is 2.21. The molecule has 0 heterocycles. The maximum atomic E-state index is 9.91. The lowest BCUT2D eigenvalue weighted by Crippen LogP contribution is -2.17. The third-order valence-electron chi connectivity index (χ3n) is 4.07. The summed E-state index contributed by atoms with van der Waals surface area (Å²) in [4.78, 5) is 0. The largest absolute Gasteiger partial charge is 0.393 e. The standard InChI is InChI=1S/C16H24O/c1-12(2)16(17)11-10-14-8-5-7-13-6-3-4-9-15(13)14/h3-4,6,9,12,14,16-17H,5,7-8,10-11H2,1-2H3. The molecule has 0 fully saturated rings. The number of fused-ring (bicyclic) bond motifs is 1. The topological polar surface area (TPSA) is 20.2 Å². The van der Waals surface area contributed by atoms with Crippen molar-refractivity contribution in [3.8, 4) is 0 Å². The monoisotopic (exact) mass is 232 g/mol. The van der Waals surface area contributed by atoms with Crippen LogP contribution in [0.4, 0.5) is 0 Å². The van der Waals surface area contributed by atoms with Crippen LogP contribution in [0.15, 0.2) is 24.3 Å². The zero-order chi connectivity index (χ0) is 12.3. The van der Waals surface area contributed by atoms with Crippen LogP contribution in [0.5, 0.6) is 0 Å². The van der Waals surface area contributed by atoms with Crippen LogP contribution in [0.3, 0.4) is 0 Å². The van der Waals surface area contributed by atoms with E-state index in [0.717, 1.165) is 12.8 Å². The summed E-state index contributed by atoms with van der Waals surface area (Å²) >= 11 is 0. The second-order valence-electron chi connectivity index (χ2n) is 5.68. The van der Waals surface area contributed by atoms with Crippen molar-refractivity contribution < 1.29 is 5.11 Å². The molecule has 0 aromatic heterocycles. The van der Waals surface area contributed by atoms with Gasteiger partial charge in [-0.15, -0.1) is 0 Å². The van der Waals surface area contributed by atoms with E-state index in [4.69, 9.17) is 0 Å². The second kappa shape index (κ2) is 5.68. The summed E-state index contributed by atoms with van der Waals surface area (Å²) in [5.74, 6) is 1.06. The number of benzene rings is 1. The van der Waals surface area contributed by atoms with Crippen LogP contribution >= 0.6 is 0 Å². The lowest BCUT2D eigenvalue weighted by atomic mass is 9.79. The molecular formula is C16H24O. The fourth-order valence-corrected chi connectivity index (χ4v) is 2.86. The van der Waals surface area contributed by atoms with Gasteiger partial charge in [-0.3, -0.25) is 0 Å². The van der Waals surface area contributed by atoms with Crippen LogP contribution < -0.4 is 0 Å². The van der Waals surface area contributed by atoms with E-state index in [1.165, 1.54) is 30.4 Å². The first-order chi connectivity index (χ1) is 8.18. The smallest absolute Gasteiger partial charge is 0.0563 e. The summed E-state index contributed by atoms with van der Waals surface area (Å²) in [5, 5.41) is 9.91. The third-order valence-corrected chi connectivity index (χ3v) is 4.07. The Balaban J connectivity index is 1.99. The van der Waals surface area contributed by atoms with E-state index < -0.39 is 0 Å². The number of aliphatic hydroxyl groups excluding tert-OH is 1. The van der Waals surface area contributed by atoms with Crippen molar-refractivity contribution in [1.82, 2.24) is 0 Å². The van der Waals surface area contributed by atoms with E-state index in [1.54, 1.807) is 0 Å². The number of hydrogen-bond donors (Lipinski definition) is 1. The van der Waals surface area contributed by atoms with Gasteiger partial charge in [-0.05, 0) is 55.1 Å². The summed E-state index contributed by atoms with van der Waals surface area (Å²) in [7, 11) is 0. The Bertz CT molecular complexity index is 356. The van der Waals surface area contributed by atoms with Gasteiger partial charge in [0.05, 0.1) is 6.10 Å². The van der Waals surface area contributed by atoms with Gasteiger partial charge >= 0.3 is 0 Å². The van der Waals surface area contributed by atoms with Gasteiger partial charge in [-0.25, -0.2) is 0 Å². The molecule has 0 spiro atoms. The predicted octanol–water partition coefficient (Wildman–Crippen LogP) is 3.90. The summed E-state index contributed by atoms with van der Waals surface area (Å²) in [5.41, 5.74) is 3.07. The van der Waals surface area contributed by atoms with Gasteiger partial charge in [-0.2, -0.15) is 0 Å². The molecule has 0 radical (unpaired) electrons.